The summed E-state index contributed by atoms with van der Waals surface area (Å²) < 4.78 is 0. The van der Waals surface area contributed by atoms with E-state index in [0.717, 1.165) is 12.8 Å². The van der Waals surface area contributed by atoms with Gasteiger partial charge in [-0.3, -0.25) is 14.5 Å². The minimum atomic E-state index is -1.20. The minimum absolute atomic E-state index is 0.0966. The van der Waals surface area contributed by atoms with Gasteiger partial charge in [0.05, 0.1) is 6.54 Å². The molecule has 2 fully saturated rings. The van der Waals surface area contributed by atoms with Gasteiger partial charge >= 0.3 is 5.97 Å². The fourth-order valence-corrected chi connectivity index (χ4v) is 3.41. The Morgan fingerprint density at radius 1 is 1.30 bits per heavy atom. The number of hydrogen-bond acceptors (Lipinski definition) is 4. The number of carboxylic acid groups (broad SMARTS) is 1. The fraction of sp³-hybridized carbons (Fsp3) is 0.857. The normalized spacial score (nSPS) is 35.2. The Bertz CT molecular complexity index is 391. The quantitative estimate of drug-likeness (QED) is 0.776. The molecule has 3 unspecified atom stereocenters. The van der Waals surface area contributed by atoms with Crippen molar-refractivity contribution in [2.24, 2.45) is 5.73 Å². The van der Waals surface area contributed by atoms with Crippen molar-refractivity contribution in [3.63, 3.8) is 0 Å². The number of nitrogens with zero attached hydrogens (tertiary/aromatic N) is 2. The number of rotatable bonds is 3. The first-order valence-electron chi connectivity index (χ1n) is 7.39. The molecule has 0 aromatic heterocycles. The van der Waals surface area contributed by atoms with Crippen LogP contribution in [-0.4, -0.2) is 64.0 Å². The van der Waals surface area contributed by atoms with Crippen LogP contribution in [0, 0.1) is 0 Å². The first-order valence-corrected chi connectivity index (χ1v) is 7.39. The Labute approximate surface area is 119 Å². The zero-order valence-corrected chi connectivity index (χ0v) is 12.3. The summed E-state index contributed by atoms with van der Waals surface area (Å²) in [5, 5.41) is 9.11. The number of likely N-dealkylation sites (tertiary alicyclic amines) is 2. The Morgan fingerprint density at radius 2 is 1.90 bits per heavy atom. The van der Waals surface area contributed by atoms with Crippen LogP contribution in [0.25, 0.3) is 0 Å². The molecular weight excluding hydrogens is 258 g/mol. The van der Waals surface area contributed by atoms with Crippen LogP contribution < -0.4 is 5.73 Å². The molecule has 0 radical (unpaired) electrons. The highest BCUT2D eigenvalue weighted by Crippen LogP contribution is 2.24. The molecule has 2 aliphatic heterocycles. The van der Waals surface area contributed by atoms with Gasteiger partial charge in [0.1, 0.15) is 5.54 Å². The first-order chi connectivity index (χ1) is 9.33. The Hall–Kier alpha value is -1.14. The monoisotopic (exact) mass is 283 g/mol. The van der Waals surface area contributed by atoms with Gasteiger partial charge in [0, 0.05) is 25.2 Å². The van der Waals surface area contributed by atoms with Gasteiger partial charge in [0.25, 0.3) is 0 Å². The van der Waals surface area contributed by atoms with E-state index in [1.807, 2.05) is 9.80 Å². The predicted molar refractivity (Wildman–Crippen MR) is 75.2 cm³/mol. The van der Waals surface area contributed by atoms with E-state index in [4.69, 9.17) is 10.8 Å². The molecule has 2 aliphatic rings. The van der Waals surface area contributed by atoms with Crippen molar-refractivity contribution in [2.45, 2.75) is 57.2 Å². The largest absolute Gasteiger partial charge is 0.480 e. The van der Waals surface area contributed by atoms with Gasteiger partial charge in [-0.15, -0.1) is 0 Å². The highest BCUT2D eigenvalue weighted by Gasteiger charge is 2.42. The molecule has 2 rings (SSSR count). The van der Waals surface area contributed by atoms with Crippen molar-refractivity contribution in [3.05, 3.63) is 0 Å². The fourth-order valence-electron chi connectivity index (χ4n) is 3.41. The summed E-state index contributed by atoms with van der Waals surface area (Å²) in [5.74, 6) is -0.883. The van der Waals surface area contributed by atoms with Gasteiger partial charge in [0.2, 0.25) is 5.91 Å². The highest BCUT2D eigenvalue weighted by atomic mass is 16.4. The van der Waals surface area contributed by atoms with Crippen LogP contribution in [0.4, 0.5) is 0 Å². The summed E-state index contributed by atoms with van der Waals surface area (Å²) in [4.78, 5) is 27.4. The van der Waals surface area contributed by atoms with Gasteiger partial charge in [-0.05, 0) is 39.5 Å². The molecule has 3 atom stereocenters. The van der Waals surface area contributed by atoms with E-state index >= 15 is 0 Å². The summed E-state index contributed by atoms with van der Waals surface area (Å²) in [6, 6.07) is 0.548. The number of carbonyl (C=O) groups is 2. The lowest BCUT2D eigenvalue weighted by atomic mass is 9.97. The Balaban J connectivity index is 1.94. The minimum Gasteiger partial charge on any atom is -0.480 e. The van der Waals surface area contributed by atoms with Gasteiger partial charge in [-0.25, -0.2) is 0 Å². The van der Waals surface area contributed by atoms with Crippen molar-refractivity contribution in [2.75, 3.05) is 19.6 Å². The van der Waals surface area contributed by atoms with E-state index in [-0.39, 0.29) is 31.1 Å². The average Bonchev–Trinajstić information content (AvgIpc) is 2.72. The molecule has 0 bridgehead atoms. The summed E-state index contributed by atoms with van der Waals surface area (Å²) in [6.07, 6.45) is 3.67. The second-order valence-corrected chi connectivity index (χ2v) is 6.35. The van der Waals surface area contributed by atoms with Crippen LogP contribution in [0.5, 0.6) is 0 Å². The number of nitrogens with two attached hydrogens (primary N) is 1. The third-order valence-electron chi connectivity index (χ3n) is 4.65. The number of carboxylic acids is 1. The maximum atomic E-state index is 12.5. The highest BCUT2D eigenvalue weighted by molar-refractivity contribution is 5.81. The molecule has 3 N–H and O–H groups in total. The predicted octanol–water partition coefficient (Wildman–Crippen LogP) is 0.264. The number of carbonyl (C=O) groups excluding carboxylic acids is 1. The van der Waals surface area contributed by atoms with Crippen LogP contribution in [-0.2, 0) is 9.59 Å². The van der Waals surface area contributed by atoms with E-state index in [1.54, 1.807) is 0 Å². The Morgan fingerprint density at radius 3 is 2.40 bits per heavy atom. The summed E-state index contributed by atoms with van der Waals surface area (Å²) >= 11 is 0. The topological polar surface area (TPSA) is 86.9 Å². The molecule has 2 saturated heterocycles. The summed E-state index contributed by atoms with van der Waals surface area (Å²) in [6.45, 7) is 5.28. The standard InChI is InChI=1S/C14H25N3O3/c1-10-4-3-5-11(2)17(10)12(18)8-16-7-6-14(15,9-16)13(19)20/h10-11H,3-9,15H2,1-2H3,(H,19,20). The smallest absolute Gasteiger partial charge is 0.325 e. The van der Waals surface area contributed by atoms with Gasteiger partial charge < -0.3 is 15.7 Å². The van der Waals surface area contributed by atoms with Crippen LogP contribution in [0.2, 0.25) is 0 Å². The zero-order chi connectivity index (χ0) is 14.9. The van der Waals surface area contributed by atoms with Crippen molar-refractivity contribution >= 4 is 11.9 Å². The molecule has 0 aromatic carbocycles. The molecule has 114 valence electrons. The van der Waals surface area contributed by atoms with Crippen molar-refractivity contribution in [1.29, 1.82) is 0 Å². The molecule has 6 heteroatoms. The van der Waals surface area contributed by atoms with Gasteiger partial charge in [-0.2, -0.15) is 0 Å². The molecule has 0 aromatic rings. The third kappa shape index (κ3) is 2.96. The lowest BCUT2D eigenvalue weighted by molar-refractivity contribution is -0.143. The molecule has 1 amide bonds. The molecular formula is C14H25N3O3. The SMILES string of the molecule is CC1CCCC(C)N1C(=O)CN1CCC(N)(C(=O)O)C1. The van der Waals surface area contributed by atoms with Crippen LogP contribution in [0.15, 0.2) is 0 Å². The molecule has 0 spiro atoms. The van der Waals surface area contributed by atoms with Crippen molar-refractivity contribution < 1.29 is 14.7 Å². The number of aliphatic carboxylic acids is 1. The van der Waals surface area contributed by atoms with Crippen molar-refractivity contribution in [3.8, 4) is 0 Å². The molecule has 2 heterocycles. The van der Waals surface area contributed by atoms with E-state index in [2.05, 4.69) is 13.8 Å². The van der Waals surface area contributed by atoms with E-state index in [9.17, 15) is 9.59 Å². The number of piperidine rings is 1. The summed E-state index contributed by atoms with van der Waals surface area (Å²) in [7, 11) is 0. The number of hydrogen-bond donors (Lipinski definition) is 2. The van der Waals surface area contributed by atoms with E-state index in [0.29, 0.717) is 13.0 Å². The number of amides is 1. The lowest BCUT2D eigenvalue weighted by Crippen LogP contribution is -2.53. The van der Waals surface area contributed by atoms with Gasteiger partial charge in [0.15, 0.2) is 0 Å². The Kier molecular flexibility index (Phi) is 4.34. The molecule has 6 nitrogen and oxygen atoms in total. The second kappa shape index (κ2) is 5.69. The van der Waals surface area contributed by atoms with Crippen LogP contribution in [0.1, 0.15) is 39.5 Å². The second-order valence-electron chi connectivity index (χ2n) is 6.35. The average molecular weight is 283 g/mol. The first kappa shape index (κ1) is 15.3. The maximum absolute atomic E-state index is 12.5. The molecule has 20 heavy (non-hydrogen) atoms. The molecule has 0 aliphatic carbocycles. The van der Waals surface area contributed by atoms with E-state index in [1.165, 1.54) is 6.42 Å². The van der Waals surface area contributed by atoms with Crippen molar-refractivity contribution in [1.82, 2.24) is 9.80 Å². The zero-order valence-electron chi connectivity index (χ0n) is 12.3. The summed E-state index contributed by atoms with van der Waals surface area (Å²) in [5.41, 5.74) is 4.64. The third-order valence-corrected chi connectivity index (χ3v) is 4.65. The lowest BCUT2D eigenvalue weighted by Gasteiger charge is -2.39. The van der Waals surface area contributed by atoms with Gasteiger partial charge in [-0.1, -0.05) is 0 Å². The molecule has 0 saturated carbocycles. The van der Waals surface area contributed by atoms with Crippen LogP contribution >= 0.6 is 0 Å². The maximum Gasteiger partial charge on any atom is 0.325 e. The van der Waals surface area contributed by atoms with Crippen LogP contribution in [0.3, 0.4) is 0 Å². The van der Waals surface area contributed by atoms with E-state index < -0.39 is 11.5 Å².